The van der Waals surface area contributed by atoms with Gasteiger partial charge in [0.25, 0.3) is 5.91 Å². The van der Waals surface area contributed by atoms with Gasteiger partial charge in [-0.3, -0.25) is 4.79 Å². The second kappa shape index (κ2) is 7.02. The highest BCUT2D eigenvalue weighted by molar-refractivity contribution is 7.18. The molecular weight excluding hydrogens is 350 g/mol. The number of fused-ring (bicyclic) bond motifs is 1. The van der Waals surface area contributed by atoms with E-state index >= 15 is 0 Å². The summed E-state index contributed by atoms with van der Waals surface area (Å²) in [5.41, 5.74) is 1.63. The summed E-state index contributed by atoms with van der Waals surface area (Å²) in [6.45, 7) is -1.10. The van der Waals surface area contributed by atoms with Gasteiger partial charge in [0, 0.05) is 11.3 Å². The molecule has 2 aromatic carbocycles. The second-order valence-corrected chi connectivity index (χ2v) is 6.35. The van der Waals surface area contributed by atoms with E-state index in [1.54, 1.807) is 6.07 Å². The lowest BCUT2D eigenvalue weighted by molar-refractivity contribution is -0.0512. The van der Waals surface area contributed by atoms with Crippen molar-refractivity contribution in [1.82, 2.24) is 4.98 Å². The first-order valence-corrected chi connectivity index (χ1v) is 8.09. The predicted molar refractivity (Wildman–Crippen MR) is 91.9 cm³/mol. The fraction of sp³-hybridized carbons (Fsp3) is 0.176. The SMILES string of the molecule is COc1ccc(C(=O)Nc2ccc3nc(C)sc3c2)cc1OC(F)F. The van der Waals surface area contributed by atoms with E-state index < -0.39 is 12.5 Å². The Morgan fingerprint density at radius 1 is 1.20 bits per heavy atom. The Hall–Kier alpha value is -2.74. The Balaban J connectivity index is 1.84. The van der Waals surface area contributed by atoms with Gasteiger partial charge in [-0.15, -0.1) is 11.3 Å². The number of ether oxygens (including phenoxy) is 2. The third-order valence-electron chi connectivity index (χ3n) is 3.40. The molecule has 0 unspecified atom stereocenters. The van der Waals surface area contributed by atoms with Crippen molar-refractivity contribution in [2.45, 2.75) is 13.5 Å². The van der Waals surface area contributed by atoms with Crippen LogP contribution in [-0.2, 0) is 0 Å². The molecule has 0 aliphatic carbocycles. The van der Waals surface area contributed by atoms with Crippen LogP contribution < -0.4 is 14.8 Å². The highest BCUT2D eigenvalue weighted by atomic mass is 32.1. The number of nitrogens with zero attached hydrogens (tertiary/aromatic N) is 1. The molecule has 1 aromatic heterocycles. The maximum Gasteiger partial charge on any atom is 0.387 e. The minimum atomic E-state index is -3.01. The number of aryl methyl sites for hydroxylation is 1. The van der Waals surface area contributed by atoms with Crippen LogP contribution in [0.25, 0.3) is 10.2 Å². The van der Waals surface area contributed by atoms with Crippen LogP contribution in [0.3, 0.4) is 0 Å². The van der Waals surface area contributed by atoms with Gasteiger partial charge < -0.3 is 14.8 Å². The van der Waals surface area contributed by atoms with Crippen LogP contribution >= 0.6 is 11.3 Å². The van der Waals surface area contributed by atoms with E-state index in [0.29, 0.717) is 5.69 Å². The molecule has 1 N–H and O–H groups in total. The molecule has 0 atom stereocenters. The lowest BCUT2D eigenvalue weighted by atomic mass is 10.2. The van der Waals surface area contributed by atoms with Crippen molar-refractivity contribution in [2.75, 3.05) is 12.4 Å². The molecule has 0 aliphatic rings. The van der Waals surface area contributed by atoms with Gasteiger partial charge in [-0.1, -0.05) is 0 Å². The van der Waals surface area contributed by atoms with Crippen LogP contribution in [0.2, 0.25) is 0 Å². The molecule has 0 fully saturated rings. The van der Waals surface area contributed by atoms with Crippen LogP contribution in [0.15, 0.2) is 36.4 Å². The number of aromatic nitrogens is 1. The second-order valence-electron chi connectivity index (χ2n) is 5.11. The number of rotatable bonds is 5. The summed E-state index contributed by atoms with van der Waals surface area (Å²) < 4.78 is 35.3. The zero-order valence-electron chi connectivity index (χ0n) is 13.4. The van der Waals surface area contributed by atoms with Crippen molar-refractivity contribution < 1.29 is 23.0 Å². The van der Waals surface area contributed by atoms with Gasteiger partial charge in [0.2, 0.25) is 0 Å². The van der Waals surface area contributed by atoms with Crippen molar-refractivity contribution in [3.8, 4) is 11.5 Å². The standard InChI is InChI=1S/C17H14F2N2O3S/c1-9-20-12-5-4-11(8-15(12)25-9)21-16(22)10-3-6-13(23-2)14(7-10)24-17(18)19/h3-8,17H,1-2H3,(H,21,22). The number of alkyl halides is 2. The number of halogens is 2. The van der Waals surface area contributed by atoms with Gasteiger partial charge in [-0.25, -0.2) is 4.98 Å². The average Bonchev–Trinajstić information content (AvgIpc) is 2.93. The topological polar surface area (TPSA) is 60.5 Å². The number of nitrogens with one attached hydrogen (secondary N) is 1. The van der Waals surface area contributed by atoms with Crippen LogP contribution in [0, 0.1) is 6.92 Å². The highest BCUT2D eigenvalue weighted by Crippen LogP contribution is 2.30. The van der Waals surface area contributed by atoms with Gasteiger partial charge in [0.1, 0.15) is 0 Å². The summed E-state index contributed by atoms with van der Waals surface area (Å²) in [5, 5.41) is 3.67. The Bertz CT molecular complexity index is 927. The third-order valence-corrected chi connectivity index (χ3v) is 4.33. The first-order chi connectivity index (χ1) is 12.0. The zero-order valence-corrected chi connectivity index (χ0v) is 14.2. The van der Waals surface area contributed by atoms with Gasteiger partial charge in [-0.2, -0.15) is 8.78 Å². The quantitative estimate of drug-likeness (QED) is 0.726. The van der Waals surface area contributed by atoms with Crippen LogP contribution in [0.5, 0.6) is 11.5 Å². The summed E-state index contributed by atoms with van der Waals surface area (Å²) in [5.74, 6) is -0.514. The molecule has 0 saturated carbocycles. The highest BCUT2D eigenvalue weighted by Gasteiger charge is 2.15. The van der Waals surface area contributed by atoms with E-state index in [-0.39, 0.29) is 17.1 Å². The molecule has 1 amide bonds. The Labute approximate surface area is 146 Å². The van der Waals surface area contributed by atoms with Crippen molar-refractivity contribution in [1.29, 1.82) is 0 Å². The maximum absolute atomic E-state index is 12.5. The minimum absolute atomic E-state index is 0.124. The molecule has 0 spiro atoms. The van der Waals surface area contributed by atoms with E-state index in [2.05, 4.69) is 15.0 Å². The fourth-order valence-corrected chi connectivity index (χ4v) is 3.19. The van der Waals surface area contributed by atoms with E-state index in [4.69, 9.17) is 4.74 Å². The molecule has 0 bridgehead atoms. The van der Waals surface area contributed by atoms with Crippen LogP contribution in [0.4, 0.5) is 14.5 Å². The van der Waals surface area contributed by atoms with E-state index in [1.807, 2.05) is 19.1 Å². The van der Waals surface area contributed by atoms with Gasteiger partial charge in [0.15, 0.2) is 11.5 Å². The summed E-state index contributed by atoms with van der Waals surface area (Å²) in [4.78, 5) is 16.7. The summed E-state index contributed by atoms with van der Waals surface area (Å²) in [6, 6.07) is 9.46. The number of hydrogen-bond acceptors (Lipinski definition) is 5. The van der Waals surface area contributed by atoms with E-state index in [1.165, 1.54) is 36.6 Å². The minimum Gasteiger partial charge on any atom is -0.493 e. The lowest BCUT2D eigenvalue weighted by Crippen LogP contribution is -2.12. The molecular formula is C17H14F2N2O3S. The lowest BCUT2D eigenvalue weighted by Gasteiger charge is -2.11. The number of carbonyl (C=O) groups excluding carboxylic acids is 1. The molecule has 0 saturated heterocycles. The van der Waals surface area contributed by atoms with Gasteiger partial charge in [0.05, 0.1) is 22.3 Å². The molecule has 3 rings (SSSR count). The van der Waals surface area contributed by atoms with Gasteiger partial charge >= 0.3 is 6.61 Å². The maximum atomic E-state index is 12.5. The fourth-order valence-electron chi connectivity index (χ4n) is 2.33. The van der Waals surface area contributed by atoms with E-state index in [0.717, 1.165) is 15.2 Å². The Morgan fingerprint density at radius 3 is 2.72 bits per heavy atom. The molecule has 8 heteroatoms. The zero-order chi connectivity index (χ0) is 18.0. The first kappa shape index (κ1) is 17.1. The summed E-state index contributed by atoms with van der Waals surface area (Å²) in [6.07, 6.45) is 0. The van der Waals surface area contributed by atoms with Crippen molar-refractivity contribution in [2.24, 2.45) is 0 Å². The van der Waals surface area contributed by atoms with Crippen LogP contribution in [-0.4, -0.2) is 24.6 Å². The predicted octanol–water partition coefficient (Wildman–Crippen LogP) is 4.47. The molecule has 130 valence electrons. The van der Waals surface area contributed by atoms with Gasteiger partial charge in [-0.05, 0) is 43.3 Å². The molecule has 25 heavy (non-hydrogen) atoms. The summed E-state index contributed by atoms with van der Waals surface area (Å²) in [7, 11) is 1.33. The Kier molecular flexibility index (Phi) is 4.80. The molecule has 0 radical (unpaired) electrons. The molecule has 0 aliphatic heterocycles. The van der Waals surface area contributed by atoms with Crippen LogP contribution in [0.1, 0.15) is 15.4 Å². The van der Waals surface area contributed by atoms with Crippen molar-refractivity contribution >= 4 is 33.1 Å². The van der Waals surface area contributed by atoms with Crippen molar-refractivity contribution in [3.63, 3.8) is 0 Å². The monoisotopic (exact) mass is 364 g/mol. The number of anilines is 1. The smallest absolute Gasteiger partial charge is 0.387 e. The number of methoxy groups -OCH3 is 1. The molecule has 1 heterocycles. The number of thiazole rings is 1. The summed E-state index contributed by atoms with van der Waals surface area (Å²) >= 11 is 1.52. The third kappa shape index (κ3) is 3.85. The number of amides is 1. The molecule has 3 aromatic rings. The molecule has 5 nitrogen and oxygen atoms in total. The van der Waals surface area contributed by atoms with E-state index in [9.17, 15) is 13.6 Å². The number of carbonyl (C=O) groups is 1. The average molecular weight is 364 g/mol. The Morgan fingerprint density at radius 2 is 2.00 bits per heavy atom. The van der Waals surface area contributed by atoms with Crippen molar-refractivity contribution in [3.05, 3.63) is 47.0 Å². The first-order valence-electron chi connectivity index (χ1n) is 7.27. The number of benzene rings is 2. The normalized spacial score (nSPS) is 10.9. The number of hydrogen-bond donors (Lipinski definition) is 1. The largest absolute Gasteiger partial charge is 0.493 e.